The molecule has 8 heteroatoms. The Morgan fingerprint density at radius 1 is 1.15 bits per heavy atom. The standard InChI is InChI=1S/C19H18N2O5S/c1-20-27(25,26)16-8-7-14-10-11-21(17(14)12-16)18(22)9-4-13-2-5-15(6-3-13)19(23)24/h2-9,12,20H,10-11H2,1H3,(H,23,24). The Morgan fingerprint density at radius 3 is 2.48 bits per heavy atom. The molecular formula is C19H18N2O5S. The first-order valence-corrected chi connectivity index (χ1v) is 9.69. The van der Waals surface area contributed by atoms with Gasteiger partial charge in [0.25, 0.3) is 5.91 Å². The molecule has 0 spiro atoms. The van der Waals surface area contributed by atoms with Gasteiger partial charge in [0.15, 0.2) is 0 Å². The van der Waals surface area contributed by atoms with E-state index in [2.05, 4.69) is 4.72 Å². The van der Waals surface area contributed by atoms with Crippen LogP contribution in [0.3, 0.4) is 0 Å². The van der Waals surface area contributed by atoms with Crippen LogP contribution in [0.4, 0.5) is 5.69 Å². The zero-order chi connectivity index (χ0) is 19.6. The van der Waals surface area contributed by atoms with Crippen molar-refractivity contribution < 1.29 is 23.1 Å². The largest absolute Gasteiger partial charge is 0.478 e. The van der Waals surface area contributed by atoms with Crippen molar-refractivity contribution in [1.29, 1.82) is 0 Å². The number of hydrogen-bond donors (Lipinski definition) is 2. The summed E-state index contributed by atoms with van der Waals surface area (Å²) in [6, 6.07) is 10.9. The van der Waals surface area contributed by atoms with Gasteiger partial charge in [-0.15, -0.1) is 0 Å². The SMILES string of the molecule is CNS(=O)(=O)c1ccc2c(c1)N(C(=O)C=Cc1ccc(C(=O)O)cc1)CC2. The summed E-state index contributed by atoms with van der Waals surface area (Å²) in [5, 5.41) is 8.90. The number of amides is 1. The van der Waals surface area contributed by atoms with Crippen molar-refractivity contribution in [3.63, 3.8) is 0 Å². The highest BCUT2D eigenvalue weighted by atomic mass is 32.2. The summed E-state index contributed by atoms with van der Waals surface area (Å²) in [5.74, 6) is -1.28. The molecule has 1 heterocycles. The predicted octanol–water partition coefficient (Wildman–Crippen LogP) is 1.90. The highest BCUT2D eigenvalue weighted by Gasteiger charge is 2.25. The minimum Gasteiger partial charge on any atom is -0.478 e. The molecule has 1 aliphatic rings. The van der Waals surface area contributed by atoms with E-state index in [1.165, 1.54) is 42.3 Å². The lowest BCUT2D eigenvalue weighted by Crippen LogP contribution is -2.27. The van der Waals surface area contributed by atoms with Crippen LogP contribution in [0.25, 0.3) is 6.08 Å². The summed E-state index contributed by atoms with van der Waals surface area (Å²) in [6.07, 6.45) is 3.65. The van der Waals surface area contributed by atoms with Crippen LogP contribution in [0.5, 0.6) is 0 Å². The number of hydrogen-bond acceptors (Lipinski definition) is 4. The molecule has 7 nitrogen and oxygen atoms in total. The van der Waals surface area contributed by atoms with Crippen molar-refractivity contribution in [2.75, 3.05) is 18.5 Å². The number of fused-ring (bicyclic) bond motifs is 1. The Balaban J connectivity index is 1.81. The molecule has 0 aromatic heterocycles. The predicted molar refractivity (Wildman–Crippen MR) is 101 cm³/mol. The van der Waals surface area contributed by atoms with E-state index in [-0.39, 0.29) is 16.4 Å². The van der Waals surface area contributed by atoms with Crippen molar-refractivity contribution in [2.24, 2.45) is 0 Å². The molecule has 3 rings (SSSR count). The van der Waals surface area contributed by atoms with E-state index in [9.17, 15) is 18.0 Å². The minimum atomic E-state index is -3.59. The average Bonchev–Trinajstić information content (AvgIpc) is 3.09. The van der Waals surface area contributed by atoms with Gasteiger partial charge in [0.05, 0.1) is 10.5 Å². The number of carbonyl (C=O) groups excluding carboxylic acids is 1. The second kappa shape index (κ2) is 7.34. The molecule has 2 aromatic carbocycles. The quantitative estimate of drug-likeness (QED) is 0.764. The highest BCUT2D eigenvalue weighted by molar-refractivity contribution is 7.89. The number of anilines is 1. The van der Waals surface area contributed by atoms with Crippen LogP contribution in [-0.4, -0.2) is 39.0 Å². The molecule has 140 valence electrons. The van der Waals surface area contributed by atoms with Gasteiger partial charge in [0.1, 0.15) is 0 Å². The maximum absolute atomic E-state index is 12.6. The van der Waals surface area contributed by atoms with Gasteiger partial charge in [0.2, 0.25) is 10.0 Å². The van der Waals surface area contributed by atoms with Crippen LogP contribution < -0.4 is 9.62 Å². The summed E-state index contributed by atoms with van der Waals surface area (Å²) >= 11 is 0. The lowest BCUT2D eigenvalue weighted by Gasteiger charge is -2.16. The number of rotatable bonds is 5. The van der Waals surface area contributed by atoms with Crippen LogP contribution in [0, 0.1) is 0 Å². The van der Waals surface area contributed by atoms with Gasteiger partial charge in [0, 0.05) is 18.3 Å². The Labute approximate surface area is 157 Å². The molecule has 0 bridgehead atoms. The summed E-state index contributed by atoms with van der Waals surface area (Å²) in [6.45, 7) is 0.472. The number of carbonyl (C=O) groups is 2. The summed E-state index contributed by atoms with van der Waals surface area (Å²) < 4.78 is 26.3. The number of nitrogens with zero attached hydrogens (tertiary/aromatic N) is 1. The molecule has 0 saturated heterocycles. The first kappa shape index (κ1) is 18.8. The molecule has 0 aliphatic carbocycles. The first-order valence-electron chi connectivity index (χ1n) is 8.21. The third-order valence-corrected chi connectivity index (χ3v) is 5.79. The van der Waals surface area contributed by atoms with Crippen LogP contribution in [0.2, 0.25) is 0 Å². The third kappa shape index (κ3) is 3.91. The second-order valence-corrected chi connectivity index (χ2v) is 7.88. The fourth-order valence-corrected chi connectivity index (χ4v) is 3.62. The van der Waals surface area contributed by atoms with E-state index in [1.54, 1.807) is 24.3 Å². The summed E-state index contributed by atoms with van der Waals surface area (Å²) in [4.78, 5) is 25.1. The maximum Gasteiger partial charge on any atom is 0.335 e. The molecule has 0 fully saturated rings. The Morgan fingerprint density at radius 2 is 1.85 bits per heavy atom. The smallest absolute Gasteiger partial charge is 0.335 e. The summed E-state index contributed by atoms with van der Waals surface area (Å²) in [7, 11) is -2.25. The fraction of sp³-hybridized carbons (Fsp3) is 0.158. The zero-order valence-corrected chi connectivity index (χ0v) is 15.4. The van der Waals surface area contributed by atoms with Gasteiger partial charge >= 0.3 is 5.97 Å². The van der Waals surface area contributed by atoms with E-state index in [0.717, 1.165) is 5.56 Å². The van der Waals surface area contributed by atoms with Crippen molar-refractivity contribution in [3.8, 4) is 0 Å². The van der Waals surface area contributed by atoms with Gasteiger partial charge in [-0.3, -0.25) is 4.79 Å². The van der Waals surface area contributed by atoms with Crippen LogP contribution in [0.15, 0.2) is 53.4 Å². The monoisotopic (exact) mass is 386 g/mol. The van der Waals surface area contributed by atoms with E-state index in [0.29, 0.717) is 24.2 Å². The molecule has 0 saturated carbocycles. The van der Waals surface area contributed by atoms with Crippen molar-refractivity contribution in [2.45, 2.75) is 11.3 Å². The molecule has 27 heavy (non-hydrogen) atoms. The fourth-order valence-electron chi connectivity index (χ4n) is 2.87. The normalized spacial score (nSPS) is 13.7. The molecule has 0 unspecified atom stereocenters. The van der Waals surface area contributed by atoms with E-state index >= 15 is 0 Å². The van der Waals surface area contributed by atoms with E-state index < -0.39 is 16.0 Å². The Bertz CT molecular complexity index is 1030. The van der Waals surface area contributed by atoms with Gasteiger partial charge in [-0.2, -0.15) is 0 Å². The lowest BCUT2D eigenvalue weighted by atomic mass is 10.1. The van der Waals surface area contributed by atoms with Gasteiger partial charge < -0.3 is 10.0 Å². The first-order chi connectivity index (χ1) is 12.8. The van der Waals surface area contributed by atoms with Gasteiger partial charge in [-0.05, 0) is 54.9 Å². The molecule has 1 amide bonds. The molecule has 0 radical (unpaired) electrons. The Hall–Kier alpha value is -2.97. The molecule has 1 aliphatic heterocycles. The number of benzene rings is 2. The zero-order valence-electron chi connectivity index (χ0n) is 14.5. The number of nitrogens with one attached hydrogen (secondary N) is 1. The third-order valence-electron chi connectivity index (χ3n) is 4.37. The van der Waals surface area contributed by atoms with Crippen LogP contribution in [0.1, 0.15) is 21.5 Å². The van der Waals surface area contributed by atoms with E-state index in [4.69, 9.17) is 5.11 Å². The van der Waals surface area contributed by atoms with Crippen LogP contribution in [-0.2, 0) is 21.2 Å². The average molecular weight is 386 g/mol. The van der Waals surface area contributed by atoms with Crippen molar-refractivity contribution >= 4 is 33.7 Å². The summed E-state index contributed by atoms with van der Waals surface area (Å²) in [5.41, 5.74) is 2.37. The molecule has 2 N–H and O–H groups in total. The van der Waals surface area contributed by atoms with E-state index in [1.807, 2.05) is 0 Å². The topological polar surface area (TPSA) is 104 Å². The number of aromatic carboxylic acids is 1. The molecule has 2 aromatic rings. The second-order valence-electron chi connectivity index (χ2n) is 6.00. The van der Waals surface area contributed by atoms with Gasteiger partial charge in [-0.1, -0.05) is 18.2 Å². The van der Waals surface area contributed by atoms with Crippen LogP contribution >= 0.6 is 0 Å². The highest BCUT2D eigenvalue weighted by Crippen LogP contribution is 2.30. The molecular weight excluding hydrogens is 368 g/mol. The maximum atomic E-state index is 12.6. The number of carboxylic acids is 1. The lowest BCUT2D eigenvalue weighted by molar-refractivity contribution is -0.114. The molecule has 0 atom stereocenters. The number of carboxylic acid groups (broad SMARTS) is 1. The number of sulfonamides is 1. The van der Waals surface area contributed by atoms with Gasteiger partial charge in [-0.25, -0.2) is 17.9 Å². The van der Waals surface area contributed by atoms with Crippen molar-refractivity contribution in [3.05, 3.63) is 65.2 Å². The Kier molecular flexibility index (Phi) is 5.11. The van der Waals surface area contributed by atoms with Crippen molar-refractivity contribution in [1.82, 2.24) is 4.72 Å². The minimum absolute atomic E-state index is 0.108.